The maximum Gasteiger partial charge on any atom is 0.133 e. The maximum atomic E-state index is 5.17. The van der Waals surface area contributed by atoms with E-state index in [1.165, 1.54) is 0 Å². The van der Waals surface area contributed by atoms with Crippen LogP contribution in [0, 0.1) is 6.92 Å². The highest BCUT2D eigenvalue weighted by Crippen LogP contribution is 2.02. The van der Waals surface area contributed by atoms with Gasteiger partial charge >= 0.3 is 0 Å². The quantitative estimate of drug-likeness (QED) is 0.803. The number of hydrogen-bond acceptors (Lipinski definition) is 4. The lowest BCUT2D eigenvalue weighted by molar-refractivity contribution is 0.387. The first-order valence-corrected chi connectivity index (χ1v) is 4.50. The lowest BCUT2D eigenvalue weighted by Gasteiger charge is -1.97. The number of nitrogens with one attached hydrogen (secondary N) is 1. The summed E-state index contributed by atoms with van der Waals surface area (Å²) in [7, 11) is 0. The van der Waals surface area contributed by atoms with Gasteiger partial charge in [-0.05, 0) is 19.1 Å². The highest BCUT2D eigenvalue weighted by molar-refractivity contribution is 5.03. The molecule has 0 bridgehead atoms. The minimum Gasteiger partial charge on any atom is -0.468 e. The smallest absolute Gasteiger partial charge is 0.133 e. The summed E-state index contributed by atoms with van der Waals surface area (Å²) in [6, 6.07) is 5.72. The molecule has 0 unspecified atom stereocenters. The van der Waals surface area contributed by atoms with Crippen LogP contribution < -0.4 is 5.32 Å². The molecule has 2 aromatic rings. The van der Waals surface area contributed by atoms with E-state index in [2.05, 4.69) is 10.5 Å². The molecule has 0 saturated carbocycles. The van der Waals surface area contributed by atoms with Crippen molar-refractivity contribution in [2.75, 3.05) is 0 Å². The van der Waals surface area contributed by atoms with E-state index in [0.717, 1.165) is 17.2 Å². The topological polar surface area (TPSA) is 51.2 Å². The first-order chi connectivity index (χ1) is 6.84. The molecule has 2 aromatic heterocycles. The summed E-state index contributed by atoms with van der Waals surface area (Å²) in [5.41, 5.74) is 0.911. The maximum absolute atomic E-state index is 5.17. The molecule has 4 heteroatoms. The van der Waals surface area contributed by atoms with Crippen molar-refractivity contribution in [1.82, 2.24) is 10.5 Å². The van der Waals surface area contributed by atoms with Crippen LogP contribution in [0.2, 0.25) is 0 Å². The van der Waals surface area contributed by atoms with Gasteiger partial charge in [-0.1, -0.05) is 5.16 Å². The fraction of sp³-hybridized carbons (Fsp3) is 0.300. The molecule has 74 valence electrons. The van der Waals surface area contributed by atoms with Crippen molar-refractivity contribution in [3.63, 3.8) is 0 Å². The van der Waals surface area contributed by atoms with Gasteiger partial charge in [0.2, 0.25) is 0 Å². The zero-order valence-corrected chi connectivity index (χ0v) is 7.99. The molecule has 2 heterocycles. The Morgan fingerprint density at radius 1 is 1.43 bits per heavy atom. The molecule has 1 N–H and O–H groups in total. The molecule has 0 saturated heterocycles. The van der Waals surface area contributed by atoms with Crippen molar-refractivity contribution in [1.29, 1.82) is 0 Å². The van der Waals surface area contributed by atoms with Crippen molar-refractivity contribution in [2.45, 2.75) is 20.0 Å². The van der Waals surface area contributed by atoms with E-state index in [0.29, 0.717) is 13.1 Å². The van der Waals surface area contributed by atoms with Gasteiger partial charge in [0.1, 0.15) is 11.5 Å². The molecule has 4 nitrogen and oxygen atoms in total. The van der Waals surface area contributed by atoms with Gasteiger partial charge in [0.25, 0.3) is 0 Å². The average Bonchev–Trinajstić information content (AvgIpc) is 2.77. The molecule has 0 aliphatic carbocycles. The Balaban J connectivity index is 1.78. The summed E-state index contributed by atoms with van der Waals surface area (Å²) in [6.07, 6.45) is 1.66. The molecule has 0 fully saturated rings. The fourth-order valence-electron chi connectivity index (χ4n) is 1.23. The molecule has 2 rings (SSSR count). The molecular formula is C10H12N2O2. The first kappa shape index (κ1) is 9.02. The number of furan rings is 1. The number of nitrogens with zero attached hydrogens (tertiary/aromatic N) is 1. The minimum atomic E-state index is 0.692. The average molecular weight is 192 g/mol. The van der Waals surface area contributed by atoms with Crippen LogP contribution in [0.3, 0.4) is 0 Å². The van der Waals surface area contributed by atoms with E-state index >= 15 is 0 Å². The lowest BCUT2D eigenvalue weighted by Crippen LogP contribution is -2.12. The highest BCUT2D eigenvalue weighted by Gasteiger charge is 2.00. The number of aryl methyl sites for hydroxylation is 1. The van der Waals surface area contributed by atoms with Crippen LogP contribution in [0.5, 0.6) is 0 Å². The van der Waals surface area contributed by atoms with E-state index in [1.54, 1.807) is 6.26 Å². The van der Waals surface area contributed by atoms with Crippen molar-refractivity contribution in [2.24, 2.45) is 0 Å². The van der Waals surface area contributed by atoms with E-state index in [-0.39, 0.29) is 0 Å². The fourth-order valence-corrected chi connectivity index (χ4v) is 1.23. The van der Waals surface area contributed by atoms with Crippen molar-refractivity contribution in [3.8, 4) is 0 Å². The number of aromatic nitrogens is 1. The SMILES string of the molecule is Cc1cc(CNCc2ccco2)no1. The van der Waals surface area contributed by atoms with Crippen LogP contribution in [-0.4, -0.2) is 5.16 Å². The molecule has 0 spiro atoms. The van der Waals surface area contributed by atoms with Crippen molar-refractivity contribution in [3.05, 3.63) is 41.7 Å². The third-order valence-electron chi connectivity index (χ3n) is 1.86. The molecular weight excluding hydrogens is 180 g/mol. The van der Waals surface area contributed by atoms with Gasteiger partial charge in [0.05, 0.1) is 18.5 Å². The van der Waals surface area contributed by atoms with E-state index in [9.17, 15) is 0 Å². The van der Waals surface area contributed by atoms with Gasteiger partial charge in [-0.2, -0.15) is 0 Å². The third-order valence-corrected chi connectivity index (χ3v) is 1.86. The third kappa shape index (κ3) is 2.23. The van der Waals surface area contributed by atoms with Gasteiger partial charge in [0.15, 0.2) is 0 Å². The molecule has 0 aliphatic heterocycles. The minimum absolute atomic E-state index is 0.692. The van der Waals surface area contributed by atoms with Crippen molar-refractivity contribution >= 4 is 0 Å². The van der Waals surface area contributed by atoms with Crippen LogP contribution >= 0.6 is 0 Å². The first-order valence-electron chi connectivity index (χ1n) is 4.50. The lowest BCUT2D eigenvalue weighted by atomic mass is 10.3. The monoisotopic (exact) mass is 192 g/mol. The molecule has 0 amide bonds. The van der Waals surface area contributed by atoms with E-state index in [4.69, 9.17) is 8.94 Å². The second-order valence-electron chi connectivity index (χ2n) is 3.11. The second kappa shape index (κ2) is 4.11. The zero-order chi connectivity index (χ0) is 9.80. The second-order valence-corrected chi connectivity index (χ2v) is 3.11. The normalized spacial score (nSPS) is 10.6. The van der Waals surface area contributed by atoms with Gasteiger partial charge in [-0.25, -0.2) is 0 Å². The molecule has 0 radical (unpaired) electrons. The largest absolute Gasteiger partial charge is 0.468 e. The predicted octanol–water partition coefficient (Wildman–Crippen LogP) is 1.87. The van der Waals surface area contributed by atoms with Crippen LogP contribution in [0.15, 0.2) is 33.4 Å². The molecule has 14 heavy (non-hydrogen) atoms. The van der Waals surface area contributed by atoms with Gasteiger partial charge < -0.3 is 14.3 Å². The Morgan fingerprint density at radius 3 is 3.00 bits per heavy atom. The van der Waals surface area contributed by atoms with Gasteiger partial charge in [-0.3, -0.25) is 0 Å². The summed E-state index contributed by atoms with van der Waals surface area (Å²) in [6.45, 7) is 3.28. The summed E-state index contributed by atoms with van der Waals surface area (Å²) in [5, 5.41) is 7.07. The Labute approximate surface area is 81.9 Å². The van der Waals surface area contributed by atoms with Gasteiger partial charge in [-0.15, -0.1) is 0 Å². The predicted molar refractivity (Wildman–Crippen MR) is 50.5 cm³/mol. The number of hydrogen-bond donors (Lipinski definition) is 1. The molecule has 0 atom stereocenters. The Bertz CT molecular complexity index is 378. The van der Waals surface area contributed by atoms with Gasteiger partial charge in [0, 0.05) is 12.6 Å². The van der Waals surface area contributed by atoms with Crippen molar-refractivity contribution < 1.29 is 8.94 Å². The van der Waals surface area contributed by atoms with Crippen LogP contribution in [-0.2, 0) is 13.1 Å². The van der Waals surface area contributed by atoms with E-state index < -0.39 is 0 Å². The Hall–Kier alpha value is -1.55. The molecule has 0 aliphatic rings. The van der Waals surface area contributed by atoms with Crippen LogP contribution in [0.4, 0.5) is 0 Å². The summed E-state index contributed by atoms with van der Waals surface area (Å²) >= 11 is 0. The summed E-state index contributed by atoms with van der Waals surface area (Å²) in [4.78, 5) is 0. The van der Waals surface area contributed by atoms with Crippen LogP contribution in [0.25, 0.3) is 0 Å². The summed E-state index contributed by atoms with van der Waals surface area (Å²) < 4.78 is 10.1. The molecule has 0 aromatic carbocycles. The standard InChI is InChI=1S/C10H12N2O2/c1-8-5-9(12-14-8)6-11-7-10-3-2-4-13-10/h2-5,11H,6-7H2,1H3. The Kier molecular flexibility index (Phi) is 2.65. The highest BCUT2D eigenvalue weighted by atomic mass is 16.5. The zero-order valence-electron chi connectivity index (χ0n) is 7.99. The van der Waals surface area contributed by atoms with E-state index in [1.807, 2.05) is 25.1 Å². The Morgan fingerprint density at radius 2 is 2.36 bits per heavy atom. The summed E-state index contributed by atoms with van der Waals surface area (Å²) in [5.74, 6) is 1.75. The number of rotatable bonds is 4. The van der Waals surface area contributed by atoms with Crippen LogP contribution in [0.1, 0.15) is 17.2 Å².